The van der Waals surface area contributed by atoms with E-state index in [-0.39, 0.29) is 0 Å². The Balaban J connectivity index is 2.68. The van der Waals surface area contributed by atoms with Crippen molar-refractivity contribution in [1.29, 1.82) is 0 Å². The van der Waals surface area contributed by atoms with Crippen molar-refractivity contribution in [3.8, 4) is 0 Å². The predicted octanol–water partition coefficient (Wildman–Crippen LogP) is 2.24. The third-order valence-electron chi connectivity index (χ3n) is 1.68. The van der Waals surface area contributed by atoms with E-state index >= 15 is 0 Å². The van der Waals surface area contributed by atoms with Crippen LogP contribution in [0.5, 0.6) is 0 Å². The molecule has 0 spiro atoms. The Labute approximate surface area is 75.9 Å². The highest BCUT2D eigenvalue weighted by Gasteiger charge is 2.24. The van der Waals surface area contributed by atoms with Crippen molar-refractivity contribution in [3.63, 3.8) is 0 Å². The second-order valence-electron chi connectivity index (χ2n) is 2.42. The Morgan fingerprint density at radius 3 is 2.82 bits per heavy atom. The van der Waals surface area contributed by atoms with Crippen molar-refractivity contribution >= 4 is 23.5 Å². The Kier molecular flexibility index (Phi) is 3.10. The van der Waals surface area contributed by atoms with Gasteiger partial charge < -0.3 is 5.11 Å². The zero-order chi connectivity index (χ0) is 8.32. The minimum absolute atomic E-state index is 0.660. The number of hydrogen-bond acceptors (Lipinski definition) is 3. The highest BCUT2D eigenvalue weighted by atomic mass is 32.2. The van der Waals surface area contributed by atoms with Gasteiger partial charge in [-0.25, -0.2) is 0 Å². The molecule has 1 rings (SSSR count). The smallest absolute Gasteiger partial charge is 0.133 e. The summed E-state index contributed by atoms with van der Waals surface area (Å²) in [4.78, 5) is 0.581. The molecular weight excluding hydrogens is 176 g/mol. The number of allylic oxidation sites excluding steroid dienone is 2. The van der Waals surface area contributed by atoms with E-state index in [2.05, 4.69) is 6.08 Å². The lowest BCUT2D eigenvalue weighted by molar-refractivity contribution is 0.189. The van der Waals surface area contributed by atoms with E-state index < -0.39 is 4.93 Å². The van der Waals surface area contributed by atoms with Gasteiger partial charge in [0.15, 0.2) is 0 Å². The summed E-state index contributed by atoms with van der Waals surface area (Å²) in [6.07, 6.45) is 10.5. The maximum absolute atomic E-state index is 9.80. The third kappa shape index (κ3) is 2.29. The average molecular weight is 188 g/mol. The fourth-order valence-electron chi connectivity index (χ4n) is 0.954. The second-order valence-corrected chi connectivity index (χ2v) is 4.47. The van der Waals surface area contributed by atoms with Crippen molar-refractivity contribution < 1.29 is 5.11 Å². The van der Waals surface area contributed by atoms with Gasteiger partial charge in [0.1, 0.15) is 4.93 Å². The van der Waals surface area contributed by atoms with Crippen LogP contribution in [-0.2, 0) is 0 Å². The predicted molar refractivity (Wildman–Crippen MR) is 53.8 cm³/mol. The normalized spacial score (nSPS) is 30.3. The summed E-state index contributed by atoms with van der Waals surface area (Å²) in [6, 6.07) is 0. The minimum atomic E-state index is -0.660. The molecule has 1 atom stereocenters. The Hall–Kier alpha value is 0.140. The second kappa shape index (κ2) is 3.70. The van der Waals surface area contributed by atoms with Crippen LogP contribution in [0.4, 0.5) is 0 Å². The molecule has 0 saturated carbocycles. The molecule has 11 heavy (non-hydrogen) atoms. The van der Waals surface area contributed by atoms with Crippen LogP contribution in [0.2, 0.25) is 0 Å². The monoisotopic (exact) mass is 188 g/mol. The molecule has 0 aromatic heterocycles. The van der Waals surface area contributed by atoms with Gasteiger partial charge in [-0.2, -0.15) is 0 Å². The van der Waals surface area contributed by atoms with Crippen molar-refractivity contribution in [2.45, 2.75) is 11.4 Å². The molecule has 0 heterocycles. The highest BCUT2D eigenvalue weighted by molar-refractivity contribution is 8.02. The van der Waals surface area contributed by atoms with Crippen LogP contribution < -0.4 is 0 Å². The maximum atomic E-state index is 9.80. The van der Waals surface area contributed by atoms with Crippen LogP contribution in [0.25, 0.3) is 0 Å². The van der Waals surface area contributed by atoms with Gasteiger partial charge in [0.25, 0.3) is 0 Å². The van der Waals surface area contributed by atoms with Crippen molar-refractivity contribution in [2.24, 2.45) is 0 Å². The molecule has 0 aromatic rings. The summed E-state index contributed by atoms with van der Waals surface area (Å²) in [5, 5.41) is 9.80. The first-order valence-electron chi connectivity index (χ1n) is 3.40. The Bertz CT molecular complexity index is 198. The molecular formula is C8H12OS2. The first-order chi connectivity index (χ1) is 5.20. The largest absolute Gasteiger partial charge is 0.376 e. The van der Waals surface area contributed by atoms with Crippen molar-refractivity contribution in [2.75, 3.05) is 12.5 Å². The molecule has 0 radical (unpaired) electrons. The van der Waals surface area contributed by atoms with Gasteiger partial charge in [-0.15, -0.1) is 23.5 Å². The summed E-state index contributed by atoms with van der Waals surface area (Å²) in [5.74, 6) is 0. The van der Waals surface area contributed by atoms with Crippen LogP contribution in [0, 0.1) is 0 Å². The number of rotatable bonds is 2. The van der Waals surface area contributed by atoms with E-state index in [4.69, 9.17) is 0 Å². The zero-order valence-electron chi connectivity index (χ0n) is 6.70. The molecule has 1 aliphatic carbocycles. The van der Waals surface area contributed by atoms with E-state index in [9.17, 15) is 5.11 Å². The summed E-state index contributed by atoms with van der Waals surface area (Å²) >= 11 is 3.18. The molecule has 1 unspecified atom stereocenters. The minimum Gasteiger partial charge on any atom is -0.376 e. The van der Waals surface area contributed by atoms with Gasteiger partial charge in [0, 0.05) is 6.42 Å². The van der Waals surface area contributed by atoms with E-state index in [0.717, 1.165) is 6.42 Å². The van der Waals surface area contributed by atoms with E-state index in [1.54, 1.807) is 11.8 Å². The van der Waals surface area contributed by atoms with Gasteiger partial charge in [0.05, 0.1) is 0 Å². The summed E-state index contributed by atoms with van der Waals surface area (Å²) in [5.41, 5.74) is 0. The number of hydrogen-bond donors (Lipinski definition) is 1. The van der Waals surface area contributed by atoms with E-state index in [1.807, 2.05) is 24.7 Å². The molecule has 62 valence electrons. The van der Waals surface area contributed by atoms with Crippen LogP contribution in [0.1, 0.15) is 6.42 Å². The molecule has 0 bridgehead atoms. The first kappa shape index (κ1) is 9.23. The molecule has 0 fully saturated rings. The molecule has 1 N–H and O–H groups in total. The average Bonchev–Trinajstić information content (AvgIpc) is 2.05. The summed E-state index contributed by atoms with van der Waals surface area (Å²) in [7, 11) is 0. The maximum Gasteiger partial charge on any atom is 0.133 e. The quantitative estimate of drug-likeness (QED) is 0.671. The standard InChI is InChI=1S/C8H12OS2/c1-10-7-4-3-5-8(9,6-7)11-2/h3-5,9H,6H2,1-2H3. The Morgan fingerprint density at radius 2 is 2.27 bits per heavy atom. The summed E-state index contributed by atoms with van der Waals surface area (Å²) < 4.78 is 0. The van der Waals surface area contributed by atoms with Gasteiger partial charge >= 0.3 is 0 Å². The molecule has 0 saturated heterocycles. The van der Waals surface area contributed by atoms with Crippen molar-refractivity contribution in [3.05, 3.63) is 23.1 Å². The van der Waals surface area contributed by atoms with Crippen molar-refractivity contribution in [1.82, 2.24) is 0 Å². The molecule has 3 heteroatoms. The van der Waals surface area contributed by atoms with E-state index in [0.29, 0.717) is 0 Å². The van der Waals surface area contributed by atoms with Crippen LogP contribution in [0.3, 0.4) is 0 Å². The van der Waals surface area contributed by atoms with Gasteiger partial charge in [-0.05, 0) is 23.5 Å². The van der Waals surface area contributed by atoms with Crippen LogP contribution in [0.15, 0.2) is 23.1 Å². The van der Waals surface area contributed by atoms with Crippen LogP contribution in [-0.4, -0.2) is 22.6 Å². The van der Waals surface area contributed by atoms with Crippen LogP contribution >= 0.6 is 23.5 Å². The van der Waals surface area contributed by atoms with Gasteiger partial charge in [-0.1, -0.05) is 12.2 Å². The molecule has 0 aromatic carbocycles. The van der Waals surface area contributed by atoms with E-state index in [1.165, 1.54) is 16.7 Å². The fourth-order valence-corrected chi connectivity index (χ4v) is 2.14. The molecule has 0 aliphatic heterocycles. The number of thioether (sulfide) groups is 2. The highest BCUT2D eigenvalue weighted by Crippen LogP contribution is 2.35. The lowest BCUT2D eigenvalue weighted by Gasteiger charge is -2.25. The molecule has 1 aliphatic rings. The lowest BCUT2D eigenvalue weighted by Crippen LogP contribution is -2.22. The zero-order valence-corrected chi connectivity index (χ0v) is 8.34. The molecule has 1 nitrogen and oxygen atoms in total. The molecule has 0 amide bonds. The third-order valence-corrected chi connectivity index (χ3v) is 3.47. The lowest BCUT2D eigenvalue weighted by atomic mass is 10.1. The SMILES string of the molecule is CSC1=CC=CC(O)(SC)C1. The first-order valence-corrected chi connectivity index (χ1v) is 5.85. The van der Waals surface area contributed by atoms with Gasteiger partial charge in [-0.3, -0.25) is 0 Å². The fraction of sp³-hybridized carbons (Fsp3) is 0.500. The Morgan fingerprint density at radius 1 is 1.55 bits per heavy atom. The van der Waals surface area contributed by atoms with Gasteiger partial charge in [0.2, 0.25) is 0 Å². The summed E-state index contributed by atoms with van der Waals surface area (Å²) in [6.45, 7) is 0. The topological polar surface area (TPSA) is 20.2 Å². The number of aliphatic hydroxyl groups is 1.